The van der Waals surface area contributed by atoms with Gasteiger partial charge in [0.05, 0.1) is 6.10 Å². The molecule has 1 rings (SSSR count). The van der Waals surface area contributed by atoms with E-state index >= 15 is 0 Å². The largest absolute Gasteiger partial charge is 0.447 e. The third kappa shape index (κ3) is 8.10. The summed E-state index contributed by atoms with van der Waals surface area (Å²) in [5, 5.41) is 5.71. The first-order chi connectivity index (χ1) is 10.2. The Balaban J connectivity index is 2.21. The van der Waals surface area contributed by atoms with Crippen molar-refractivity contribution < 1.29 is 19.1 Å². The van der Waals surface area contributed by atoms with Crippen LogP contribution in [0.15, 0.2) is 0 Å². The monoisotopic (exact) mass is 314 g/mol. The molecule has 1 saturated carbocycles. The van der Waals surface area contributed by atoms with Crippen LogP contribution in [0.25, 0.3) is 0 Å². The molecule has 0 radical (unpaired) electrons. The molecule has 22 heavy (non-hydrogen) atoms. The van der Waals surface area contributed by atoms with E-state index in [1.165, 1.54) is 0 Å². The zero-order chi connectivity index (χ0) is 16.8. The van der Waals surface area contributed by atoms with Crippen LogP contribution in [0.5, 0.6) is 0 Å². The minimum absolute atomic E-state index is 0.103. The third-order valence-electron chi connectivity index (χ3n) is 3.45. The van der Waals surface area contributed by atoms with E-state index < -0.39 is 5.60 Å². The first kappa shape index (κ1) is 18.6. The van der Waals surface area contributed by atoms with Crippen LogP contribution in [-0.4, -0.2) is 36.5 Å². The van der Waals surface area contributed by atoms with Gasteiger partial charge in [0.1, 0.15) is 5.60 Å². The van der Waals surface area contributed by atoms with Crippen molar-refractivity contribution in [2.75, 3.05) is 6.54 Å². The number of carbonyl (C=O) groups excluding carboxylic acids is 2. The summed E-state index contributed by atoms with van der Waals surface area (Å²) in [5.74, 6) is 0.441. The number of ether oxygens (including phenoxy) is 2. The molecule has 0 aromatic carbocycles. The molecule has 1 fully saturated rings. The van der Waals surface area contributed by atoms with Crippen molar-refractivity contribution in [2.45, 2.75) is 78.0 Å². The highest BCUT2D eigenvalue weighted by Crippen LogP contribution is 2.24. The molecule has 0 aliphatic heterocycles. The molecule has 0 unspecified atom stereocenters. The highest BCUT2D eigenvalue weighted by atomic mass is 16.6. The summed E-state index contributed by atoms with van der Waals surface area (Å²) < 4.78 is 10.3. The van der Waals surface area contributed by atoms with Gasteiger partial charge in [-0.25, -0.2) is 9.59 Å². The van der Waals surface area contributed by atoms with Gasteiger partial charge in [-0.1, -0.05) is 0 Å². The van der Waals surface area contributed by atoms with Crippen molar-refractivity contribution in [3.05, 3.63) is 0 Å². The molecule has 128 valence electrons. The molecule has 1 aliphatic rings. The summed E-state index contributed by atoms with van der Waals surface area (Å²) in [6.07, 6.45) is 2.95. The third-order valence-corrected chi connectivity index (χ3v) is 3.45. The van der Waals surface area contributed by atoms with E-state index in [1.54, 1.807) is 0 Å². The Morgan fingerprint density at radius 1 is 1.09 bits per heavy atom. The Kier molecular flexibility index (Phi) is 6.97. The molecule has 0 heterocycles. The molecular weight excluding hydrogens is 284 g/mol. The van der Waals surface area contributed by atoms with E-state index in [-0.39, 0.29) is 24.3 Å². The van der Waals surface area contributed by atoms with Gasteiger partial charge in [-0.3, -0.25) is 0 Å². The molecule has 6 heteroatoms. The number of hydrogen-bond donors (Lipinski definition) is 2. The molecular formula is C16H30N2O4. The van der Waals surface area contributed by atoms with Crippen LogP contribution in [0, 0.1) is 5.92 Å². The van der Waals surface area contributed by atoms with Crippen molar-refractivity contribution in [1.29, 1.82) is 0 Å². The lowest BCUT2D eigenvalue weighted by Gasteiger charge is -2.30. The number of alkyl carbamates (subject to hydrolysis) is 2. The van der Waals surface area contributed by atoms with Crippen LogP contribution in [0.4, 0.5) is 9.59 Å². The quantitative estimate of drug-likeness (QED) is 0.835. The smallest absolute Gasteiger partial charge is 0.407 e. The average molecular weight is 314 g/mol. The zero-order valence-electron chi connectivity index (χ0n) is 14.4. The second kappa shape index (κ2) is 8.25. The van der Waals surface area contributed by atoms with Crippen LogP contribution in [0.1, 0.15) is 60.3 Å². The molecule has 6 nitrogen and oxygen atoms in total. The molecule has 0 aromatic rings. The SMILES string of the molecule is CC(C)OC(=O)NCC1CCC(NC(=O)OC(C)(C)C)CC1. The van der Waals surface area contributed by atoms with Crippen LogP contribution in [0.2, 0.25) is 0 Å². The number of hydrogen-bond acceptors (Lipinski definition) is 4. The summed E-state index contributed by atoms with van der Waals surface area (Å²) in [5.41, 5.74) is -0.470. The number of nitrogens with one attached hydrogen (secondary N) is 2. The molecule has 0 spiro atoms. The van der Waals surface area contributed by atoms with Gasteiger partial charge in [-0.15, -0.1) is 0 Å². The Hall–Kier alpha value is -1.46. The zero-order valence-corrected chi connectivity index (χ0v) is 14.4. The fourth-order valence-electron chi connectivity index (χ4n) is 2.47. The minimum Gasteiger partial charge on any atom is -0.447 e. The number of rotatable bonds is 4. The lowest BCUT2D eigenvalue weighted by molar-refractivity contribution is 0.0487. The lowest BCUT2D eigenvalue weighted by Crippen LogP contribution is -2.42. The van der Waals surface area contributed by atoms with Crippen molar-refractivity contribution in [2.24, 2.45) is 5.92 Å². The Labute approximate surface area is 133 Å². The van der Waals surface area contributed by atoms with E-state index in [0.29, 0.717) is 12.5 Å². The summed E-state index contributed by atoms with van der Waals surface area (Å²) in [6.45, 7) is 9.84. The maximum atomic E-state index is 11.7. The lowest BCUT2D eigenvalue weighted by atomic mass is 9.86. The molecule has 0 bridgehead atoms. The normalized spacial score (nSPS) is 22.1. The molecule has 0 aromatic heterocycles. The van der Waals surface area contributed by atoms with Crippen molar-refractivity contribution in [3.63, 3.8) is 0 Å². The van der Waals surface area contributed by atoms with E-state index in [2.05, 4.69) is 10.6 Å². The highest BCUT2D eigenvalue weighted by molar-refractivity contribution is 5.68. The fourth-order valence-corrected chi connectivity index (χ4v) is 2.47. The summed E-state index contributed by atoms with van der Waals surface area (Å²) in [6, 6.07) is 0.161. The van der Waals surface area contributed by atoms with Crippen LogP contribution < -0.4 is 10.6 Å². The topological polar surface area (TPSA) is 76.7 Å². The van der Waals surface area contributed by atoms with Crippen molar-refractivity contribution >= 4 is 12.2 Å². The van der Waals surface area contributed by atoms with Crippen LogP contribution in [0.3, 0.4) is 0 Å². The van der Waals surface area contributed by atoms with Gasteiger partial charge >= 0.3 is 12.2 Å². The van der Waals surface area contributed by atoms with Crippen molar-refractivity contribution in [3.8, 4) is 0 Å². The highest BCUT2D eigenvalue weighted by Gasteiger charge is 2.25. The second-order valence-electron chi connectivity index (χ2n) is 7.20. The first-order valence-corrected chi connectivity index (χ1v) is 8.09. The Bertz CT molecular complexity index is 369. The Morgan fingerprint density at radius 2 is 1.68 bits per heavy atom. The van der Waals surface area contributed by atoms with Gasteiger partial charge in [0.25, 0.3) is 0 Å². The van der Waals surface area contributed by atoms with Gasteiger partial charge in [-0.05, 0) is 66.2 Å². The summed E-state index contributed by atoms with van der Waals surface area (Å²) in [7, 11) is 0. The molecule has 0 atom stereocenters. The minimum atomic E-state index is -0.470. The standard InChI is InChI=1S/C16H30N2O4/c1-11(2)21-14(19)17-10-12-6-8-13(9-7-12)18-15(20)22-16(3,4)5/h11-13H,6-10H2,1-5H3,(H,17,19)(H,18,20). The first-order valence-electron chi connectivity index (χ1n) is 8.09. The van der Waals surface area contributed by atoms with Crippen LogP contribution in [-0.2, 0) is 9.47 Å². The van der Waals surface area contributed by atoms with E-state index in [4.69, 9.17) is 9.47 Å². The van der Waals surface area contributed by atoms with Gasteiger partial charge in [-0.2, -0.15) is 0 Å². The predicted octanol–water partition coefficient (Wildman–Crippen LogP) is 3.20. The van der Waals surface area contributed by atoms with Crippen molar-refractivity contribution in [1.82, 2.24) is 10.6 Å². The van der Waals surface area contributed by atoms with Gasteiger partial charge in [0.15, 0.2) is 0 Å². The maximum Gasteiger partial charge on any atom is 0.407 e. The second-order valence-corrected chi connectivity index (χ2v) is 7.20. The van der Waals surface area contributed by atoms with Crippen LogP contribution >= 0.6 is 0 Å². The van der Waals surface area contributed by atoms with Gasteiger partial charge in [0, 0.05) is 12.6 Å². The van der Waals surface area contributed by atoms with Gasteiger partial charge in [0.2, 0.25) is 0 Å². The predicted molar refractivity (Wildman–Crippen MR) is 84.7 cm³/mol. The van der Waals surface area contributed by atoms with Gasteiger partial charge < -0.3 is 20.1 Å². The molecule has 0 saturated heterocycles. The molecule has 1 aliphatic carbocycles. The average Bonchev–Trinajstić information content (AvgIpc) is 2.34. The number of carbonyl (C=O) groups is 2. The number of amides is 2. The summed E-state index contributed by atoms with van der Waals surface area (Å²) >= 11 is 0. The maximum absolute atomic E-state index is 11.7. The fraction of sp³-hybridized carbons (Fsp3) is 0.875. The van der Waals surface area contributed by atoms with E-state index in [1.807, 2.05) is 34.6 Å². The van der Waals surface area contributed by atoms with E-state index in [0.717, 1.165) is 25.7 Å². The molecule has 2 N–H and O–H groups in total. The Morgan fingerprint density at radius 3 is 2.18 bits per heavy atom. The van der Waals surface area contributed by atoms with E-state index in [9.17, 15) is 9.59 Å². The molecule has 2 amide bonds. The summed E-state index contributed by atoms with van der Waals surface area (Å²) in [4.78, 5) is 23.2.